The number of hydrogen-bond donors (Lipinski definition) is 2. The molecule has 0 amide bonds. The monoisotopic (exact) mass is 281 g/mol. The molecule has 0 aliphatic heterocycles. The highest BCUT2D eigenvalue weighted by Crippen LogP contribution is 2.25. The minimum absolute atomic E-state index is 0.113. The summed E-state index contributed by atoms with van der Waals surface area (Å²) in [5, 5.41) is 0. The molecule has 0 fully saturated rings. The number of ether oxygens (including phenoxy) is 1. The number of rotatable bonds is 5. The zero-order valence-electron chi connectivity index (χ0n) is 11.3. The van der Waals surface area contributed by atoms with E-state index in [2.05, 4.69) is 14.7 Å². The number of benzene rings is 1. The zero-order valence-corrected chi connectivity index (χ0v) is 11.3. The fourth-order valence-corrected chi connectivity index (χ4v) is 1.81. The Kier molecular flexibility index (Phi) is 4.34. The summed E-state index contributed by atoms with van der Waals surface area (Å²) in [6.07, 6.45) is 1.64. The summed E-state index contributed by atoms with van der Waals surface area (Å²) < 4.78 is 28.8. The first kappa shape index (κ1) is 14.5. The van der Waals surface area contributed by atoms with Gasteiger partial charge in [0.1, 0.15) is 11.6 Å². The predicted molar refractivity (Wildman–Crippen MR) is 72.4 cm³/mol. The number of aromatic nitrogens is 2. The molecule has 0 aliphatic rings. The van der Waals surface area contributed by atoms with Crippen molar-refractivity contribution >= 4 is 0 Å². The van der Waals surface area contributed by atoms with Gasteiger partial charge in [0.15, 0.2) is 0 Å². The predicted octanol–water partition coefficient (Wildman–Crippen LogP) is 3.33. The van der Waals surface area contributed by atoms with Crippen LogP contribution in [0.1, 0.15) is 25.7 Å². The van der Waals surface area contributed by atoms with Crippen molar-refractivity contribution in [3.05, 3.63) is 36.3 Å². The Morgan fingerprint density at radius 3 is 2.70 bits per heavy atom. The van der Waals surface area contributed by atoms with Crippen molar-refractivity contribution < 1.29 is 13.5 Å². The van der Waals surface area contributed by atoms with Gasteiger partial charge in [0.05, 0.1) is 17.9 Å². The van der Waals surface area contributed by atoms with Gasteiger partial charge >= 0.3 is 6.61 Å². The van der Waals surface area contributed by atoms with Gasteiger partial charge in [-0.1, -0.05) is 26.0 Å². The van der Waals surface area contributed by atoms with Crippen LogP contribution in [0.5, 0.6) is 5.75 Å². The highest BCUT2D eigenvalue weighted by molar-refractivity contribution is 5.60. The van der Waals surface area contributed by atoms with Gasteiger partial charge in [0, 0.05) is 5.56 Å². The highest BCUT2D eigenvalue weighted by Gasteiger charge is 2.15. The number of nitrogens with zero attached hydrogens (tertiary/aromatic N) is 1. The largest absolute Gasteiger partial charge is 0.435 e. The van der Waals surface area contributed by atoms with Crippen molar-refractivity contribution in [2.45, 2.75) is 26.5 Å². The molecule has 2 aromatic rings. The number of aromatic amines is 1. The lowest BCUT2D eigenvalue weighted by atomic mass is 10.1. The number of alkyl halides is 2. The van der Waals surface area contributed by atoms with E-state index in [1.54, 1.807) is 18.3 Å². The molecule has 0 bridgehead atoms. The quantitative estimate of drug-likeness (QED) is 0.883. The maximum absolute atomic E-state index is 12.2. The lowest BCUT2D eigenvalue weighted by Crippen LogP contribution is -2.18. The third-order valence-electron chi connectivity index (χ3n) is 3.00. The van der Waals surface area contributed by atoms with E-state index < -0.39 is 6.61 Å². The Bertz CT molecular complexity index is 569. The van der Waals surface area contributed by atoms with Crippen molar-refractivity contribution in [3.8, 4) is 17.0 Å². The number of hydrogen-bond acceptors (Lipinski definition) is 3. The van der Waals surface area contributed by atoms with Crippen molar-refractivity contribution in [1.29, 1.82) is 0 Å². The molecule has 2 rings (SSSR count). The molecule has 1 aromatic heterocycles. The van der Waals surface area contributed by atoms with Crippen LogP contribution in [0.3, 0.4) is 0 Å². The molecule has 6 heteroatoms. The van der Waals surface area contributed by atoms with Crippen molar-refractivity contribution in [2.75, 3.05) is 0 Å². The van der Waals surface area contributed by atoms with Crippen molar-refractivity contribution in [3.63, 3.8) is 0 Å². The number of imidazole rings is 1. The molecular weight excluding hydrogens is 264 g/mol. The van der Waals surface area contributed by atoms with E-state index in [-0.39, 0.29) is 17.7 Å². The Morgan fingerprint density at radius 2 is 2.05 bits per heavy atom. The maximum Gasteiger partial charge on any atom is 0.387 e. The molecule has 1 unspecified atom stereocenters. The lowest BCUT2D eigenvalue weighted by molar-refractivity contribution is -0.0498. The van der Waals surface area contributed by atoms with Crippen LogP contribution in [-0.2, 0) is 0 Å². The molecular formula is C14H17F2N3O. The third kappa shape index (κ3) is 3.33. The van der Waals surface area contributed by atoms with E-state index in [9.17, 15) is 8.78 Å². The van der Waals surface area contributed by atoms with Gasteiger partial charge in [0.25, 0.3) is 0 Å². The Morgan fingerprint density at radius 1 is 1.30 bits per heavy atom. The molecule has 0 saturated carbocycles. The number of nitrogens with one attached hydrogen (secondary N) is 1. The van der Waals surface area contributed by atoms with Crippen LogP contribution in [-0.4, -0.2) is 16.6 Å². The second-order valence-electron chi connectivity index (χ2n) is 4.86. The van der Waals surface area contributed by atoms with E-state index >= 15 is 0 Å². The minimum atomic E-state index is -2.84. The van der Waals surface area contributed by atoms with E-state index in [0.717, 1.165) is 11.3 Å². The van der Waals surface area contributed by atoms with Gasteiger partial charge in [-0.3, -0.25) is 0 Å². The highest BCUT2D eigenvalue weighted by atomic mass is 19.3. The van der Waals surface area contributed by atoms with Gasteiger partial charge in [-0.15, -0.1) is 0 Å². The van der Waals surface area contributed by atoms with E-state index in [1.165, 1.54) is 12.1 Å². The molecule has 20 heavy (non-hydrogen) atoms. The minimum Gasteiger partial charge on any atom is -0.435 e. The Hall–Kier alpha value is -1.95. The van der Waals surface area contributed by atoms with Crippen molar-refractivity contribution in [2.24, 2.45) is 11.7 Å². The van der Waals surface area contributed by atoms with E-state index in [1.807, 2.05) is 13.8 Å². The summed E-state index contributed by atoms with van der Waals surface area (Å²) in [7, 11) is 0. The van der Waals surface area contributed by atoms with Gasteiger partial charge in [-0.05, 0) is 18.1 Å². The van der Waals surface area contributed by atoms with Crippen LogP contribution < -0.4 is 10.5 Å². The second-order valence-corrected chi connectivity index (χ2v) is 4.86. The average molecular weight is 281 g/mol. The first-order chi connectivity index (χ1) is 9.47. The topological polar surface area (TPSA) is 63.9 Å². The van der Waals surface area contributed by atoms with Gasteiger partial charge in [-0.2, -0.15) is 8.78 Å². The van der Waals surface area contributed by atoms with Crippen LogP contribution in [0, 0.1) is 5.92 Å². The van der Waals surface area contributed by atoms with Gasteiger partial charge in [0.2, 0.25) is 0 Å². The molecule has 0 aliphatic carbocycles. The number of halogens is 2. The molecule has 1 atom stereocenters. The van der Waals surface area contributed by atoms with Gasteiger partial charge in [-0.25, -0.2) is 4.98 Å². The zero-order chi connectivity index (χ0) is 14.7. The summed E-state index contributed by atoms with van der Waals surface area (Å²) in [6.45, 7) is 1.17. The molecule has 1 aromatic carbocycles. The van der Waals surface area contributed by atoms with Crippen LogP contribution >= 0.6 is 0 Å². The van der Waals surface area contributed by atoms with Crippen LogP contribution in [0.25, 0.3) is 11.3 Å². The Labute approximate surface area is 116 Å². The first-order valence-electron chi connectivity index (χ1n) is 6.33. The normalized spacial score (nSPS) is 12.9. The summed E-state index contributed by atoms with van der Waals surface area (Å²) in [4.78, 5) is 7.35. The summed E-state index contributed by atoms with van der Waals surface area (Å²) in [5.41, 5.74) is 7.45. The van der Waals surface area contributed by atoms with Crippen LogP contribution in [0.2, 0.25) is 0 Å². The fourth-order valence-electron chi connectivity index (χ4n) is 1.81. The molecule has 108 valence electrons. The van der Waals surface area contributed by atoms with Crippen LogP contribution in [0.4, 0.5) is 8.78 Å². The Balaban J connectivity index is 2.24. The number of nitrogens with two attached hydrogens (primary N) is 1. The van der Waals surface area contributed by atoms with Crippen LogP contribution in [0.15, 0.2) is 30.5 Å². The maximum atomic E-state index is 12.2. The average Bonchev–Trinajstić information content (AvgIpc) is 2.86. The molecule has 0 radical (unpaired) electrons. The smallest absolute Gasteiger partial charge is 0.387 e. The van der Waals surface area contributed by atoms with E-state index in [0.29, 0.717) is 5.82 Å². The summed E-state index contributed by atoms with van der Waals surface area (Å²) >= 11 is 0. The van der Waals surface area contributed by atoms with Crippen molar-refractivity contribution in [1.82, 2.24) is 9.97 Å². The molecule has 1 heterocycles. The van der Waals surface area contributed by atoms with E-state index in [4.69, 9.17) is 5.73 Å². The first-order valence-corrected chi connectivity index (χ1v) is 6.33. The summed E-state index contributed by atoms with van der Waals surface area (Å²) in [5.74, 6) is 1.04. The molecule has 4 nitrogen and oxygen atoms in total. The SMILES string of the molecule is CC(C)C(N)c1ncc(-c2cccc(OC(F)F)c2)[nH]1. The fraction of sp³-hybridized carbons (Fsp3) is 0.357. The molecule has 0 spiro atoms. The lowest BCUT2D eigenvalue weighted by Gasteiger charge is -2.12. The molecule has 0 saturated heterocycles. The second kappa shape index (κ2) is 6.00. The third-order valence-corrected chi connectivity index (χ3v) is 3.00. The number of H-pyrrole nitrogens is 1. The molecule has 3 N–H and O–H groups in total. The van der Waals surface area contributed by atoms with Gasteiger partial charge < -0.3 is 15.5 Å². The standard InChI is InChI=1S/C14H17F2N3O/c1-8(2)12(17)13-18-7-11(19-13)9-4-3-5-10(6-9)20-14(15)16/h3-8,12,14H,17H2,1-2H3,(H,18,19). The summed E-state index contributed by atoms with van der Waals surface area (Å²) in [6, 6.07) is 6.26.